The molecule has 0 aromatic heterocycles. The molecule has 1 saturated heterocycles. The Labute approximate surface area is 104 Å². The van der Waals surface area contributed by atoms with Crippen molar-refractivity contribution in [1.29, 1.82) is 10.5 Å². The zero-order valence-electron chi connectivity index (χ0n) is 8.89. The fraction of sp³-hybridized carbons (Fsp3) is 0.167. The largest absolute Gasteiger partial charge is 0.388 e. The normalized spacial score (nSPS) is 19.0. The van der Waals surface area contributed by atoms with Gasteiger partial charge in [0.05, 0.1) is 6.04 Å². The first-order valence-electron chi connectivity index (χ1n) is 4.99. The van der Waals surface area contributed by atoms with Crippen LogP contribution in [-0.4, -0.2) is 11.4 Å². The summed E-state index contributed by atoms with van der Waals surface area (Å²) in [5.41, 5.74) is 6.73. The Bertz CT molecular complexity index is 547. The maximum absolute atomic E-state index is 8.95. The van der Waals surface area contributed by atoms with Crippen LogP contribution in [0.4, 0.5) is 0 Å². The second-order valence-electron chi connectivity index (χ2n) is 3.71. The number of nitriles is 2. The summed E-state index contributed by atoms with van der Waals surface area (Å²) in [5.74, 6) is 0. The van der Waals surface area contributed by atoms with Crippen molar-refractivity contribution < 1.29 is 0 Å². The lowest BCUT2D eigenvalue weighted by Gasteiger charge is -2.04. The van der Waals surface area contributed by atoms with E-state index in [2.05, 4.69) is 0 Å². The fourth-order valence-corrected chi connectivity index (χ4v) is 1.81. The van der Waals surface area contributed by atoms with Crippen LogP contribution in [0.25, 0.3) is 0 Å². The molecule has 2 N–H and O–H groups in total. The number of halogens is 1. The Kier molecular flexibility index (Phi) is 2.91. The van der Waals surface area contributed by atoms with Crippen LogP contribution in [0.2, 0.25) is 5.02 Å². The smallest absolute Gasteiger partial charge is 0.151 e. The number of benzene rings is 1. The quantitative estimate of drug-likeness (QED) is 0.637. The molecule has 1 fully saturated rings. The summed E-state index contributed by atoms with van der Waals surface area (Å²) < 4.78 is 0. The topological polar surface area (TPSA) is 76.6 Å². The first kappa shape index (κ1) is 11.3. The summed E-state index contributed by atoms with van der Waals surface area (Å²) in [6, 6.07) is 11.3. The van der Waals surface area contributed by atoms with Crippen LogP contribution in [0.1, 0.15) is 11.6 Å². The third kappa shape index (κ3) is 2.18. The molecule has 0 spiro atoms. The van der Waals surface area contributed by atoms with Crippen molar-refractivity contribution >= 4 is 11.6 Å². The summed E-state index contributed by atoms with van der Waals surface area (Å²) >= 11 is 5.80. The van der Waals surface area contributed by atoms with E-state index in [1.807, 2.05) is 18.2 Å². The van der Waals surface area contributed by atoms with E-state index in [1.54, 1.807) is 23.1 Å². The van der Waals surface area contributed by atoms with Crippen LogP contribution in [0, 0.1) is 22.7 Å². The monoisotopic (exact) mass is 244 g/mol. The number of hydrogen-bond acceptors (Lipinski definition) is 4. The highest BCUT2D eigenvalue weighted by Gasteiger charge is 2.38. The maximum atomic E-state index is 8.95. The van der Waals surface area contributed by atoms with E-state index in [0.717, 1.165) is 5.56 Å². The third-order valence-electron chi connectivity index (χ3n) is 2.64. The number of nitrogens with two attached hydrogens (primary N) is 1. The minimum absolute atomic E-state index is 0.0380. The van der Waals surface area contributed by atoms with Crippen molar-refractivity contribution in [2.24, 2.45) is 5.73 Å². The molecule has 2 rings (SSSR count). The van der Waals surface area contributed by atoms with Gasteiger partial charge in [-0.1, -0.05) is 23.7 Å². The van der Waals surface area contributed by atoms with Gasteiger partial charge in [-0.15, -0.1) is 0 Å². The highest BCUT2D eigenvalue weighted by Crippen LogP contribution is 2.39. The molecule has 1 atom stereocenters. The minimum Gasteiger partial charge on any atom is -0.388 e. The van der Waals surface area contributed by atoms with Gasteiger partial charge in [0.25, 0.3) is 0 Å². The standard InChI is InChI=1S/C12H9ClN4/c13-9-3-1-8(2-4-9)12-7-17(12)11(6-15)10(16)5-14/h1-4,12H,7,16H2/b11-10-. The molecule has 0 radical (unpaired) electrons. The molecule has 0 aliphatic carbocycles. The van der Waals surface area contributed by atoms with Gasteiger partial charge >= 0.3 is 0 Å². The molecule has 1 unspecified atom stereocenters. The third-order valence-corrected chi connectivity index (χ3v) is 2.89. The molecule has 84 valence electrons. The van der Waals surface area contributed by atoms with Crippen LogP contribution >= 0.6 is 11.6 Å². The summed E-state index contributed by atoms with van der Waals surface area (Å²) in [5, 5.41) is 18.3. The predicted octanol–water partition coefficient (Wildman–Crippen LogP) is 1.91. The summed E-state index contributed by atoms with van der Waals surface area (Å²) in [4.78, 5) is 1.79. The lowest BCUT2D eigenvalue weighted by molar-refractivity contribution is 0.652. The molecule has 1 aromatic rings. The van der Waals surface area contributed by atoms with E-state index in [1.165, 1.54) is 0 Å². The molecule has 1 aliphatic heterocycles. The van der Waals surface area contributed by atoms with Crippen molar-refractivity contribution in [3.05, 3.63) is 46.2 Å². The zero-order valence-corrected chi connectivity index (χ0v) is 9.65. The van der Waals surface area contributed by atoms with Crippen LogP contribution in [0.5, 0.6) is 0 Å². The summed E-state index contributed by atoms with van der Waals surface area (Å²) in [6.07, 6.45) is 0. The fourth-order valence-electron chi connectivity index (χ4n) is 1.69. The van der Waals surface area contributed by atoms with Gasteiger partial charge in [-0.25, -0.2) is 0 Å². The summed E-state index contributed by atoms with van der Waals surface area (Å²) in [6.45, 7) is 0.701. The molecule has 5 heteroatoms. The van der Waals surface area contributed by atoms with Crippen molar-refractivity contribution in [1.82, 2.24) is 4.90 Å². The van der Waals surface area contributed by atoms with Crippen molar-refractivity contribution in [2.75, 3.05) is 6.54 Å². The summed E-state index contributed by atoms with van der Waals surface area (Å²) in [7, 11) is 0. The zero-order chi connectivity index (χ0) is 12.4. The second-order valence-corrected chi connectivity index (χ2v) is 4.14. The molecule has 0 bridgehead atoms. The van der Waals surface area contributed by atoms with Gasteiger partial charge in [-0.05, 0) is 17.7 Å². The number of nitrogens with zero attached hydrogens (tertiary/aromatic N) is 3. The molecular formula is C12H9ClN4. The Morgan fingerprint density at radius 3 is 2.47 bits per heavy atom. The van der Waals surface area contributed by atoms with Gasteiger partial charge in [0, 0.05) is 11.6 Å². The van der Waals surface area contributed by atoms with Crippen molar-refractivity contribution in [2.45, 2.75) is 6.04 Å². The molecule has 0 saturated carbocycles. The Balaban J connectivity index is 2.19. The SMILES string of the molecule is N#C/C(N)=C(\C#N)N1CC1c1ccc(Cl)cc1. The number of allylic oxidation sites excluding steroid dienone is 2. The van der Waals surface area contributed by atoms with Gasteiger partial charge in [-0.2, -0.15) is 10.5 Å². The average molecular weight is 245 g/mol. The highest BCUT2D eigenvalue weighted by molar-refractivity contribution is 6.30. The lowest BCUT2D eigenvalue weighted by atomic mass is 10.1. The Morgan fingerprint density at radius 1 is 1.29 bits per heavy atom. The molecule has 17 heavy (non-hydrogen) atoms. The van der Waals surface area contributed by atoms with Crippen LogP contribution in [-0.2, 0) is 0 Å². The van der Waals surface area contributed by atoms with E-state index < -0.39 is 0 Å². The minimum atomic E-state index is -0.0380. The van der Waals surface area contributed by atoms with Gasteiger partial charge < -0.3 is 10.6 Å². The van der Waals surface area contributed by atoms with E-state index in [-0.39, 0.29) is 17.4 Å². The van der Waals surface area contributed by atoms with Gasteiger partial charge in [0.2, 0.25) is 0 Å². The first-order chi connectivity index (χ1) is 8.17. The van der Waals surface area contributed by atoms with Crippen LogP contribution in [0.15, 0.2) is 35.7 Å². The van der Waals surface area contributed by atoms with Crippen molar-refractivity contribution in [3.63, 3.8) is 0 Å². The lowest BCUT2D eigenvalue weighted by Crippen LogP contribution is -2.06. The van der Waals surface area contributed by atoms with E-state index in [0.29, 0.717) is 11.6 Å². The molecular weight excluding hydrogens is 236 g/mol. The van der Waals surface area contributed by atoms with Gasteiger partial charge in [-0.3, -0.25) is 0 Å². The van der Waals surface area contributed by atoms with E-state index in [4.69, 9.17) is 27.9 Å². The van der Waals surface area contributed by atoms with Crippen LogP contribution < -0.4 is 5.73 Å². The first-order valence-corrected chi connectivity index (χ1v) is 5.37. The number of hydrogen-bond donors (Lipinski definition) is 1. The Morgan fingerprint density at radius 2 is 1.94 bits per heavy atom. The second kappa shape index (κ2) is 4.37. The van der Waals surface area contributed by atoms with Gasteiger partial charge in [0.1, 0.15) is 17.8 Å². The Hall–Kier alpha value is -2.17. The molecule has 0 amide bonds. The molecule has 1 aromatic carbocycles. The van der Waals surface area contributed by atoms with E-state index in [9.17, 15) is 0 Å². The number of rotatable bonds is 2. The average Bonchev–Trinajstić information content (AvgIpc) is 3.11. The van der Waals surface area contributed by atoms with E-state index >= 15 is 0 Å². The van der Waals surface area contributed by atoms with Crippen LogP contribution in [0.3, 0.4) is 0 Å². The highest BCUT2D eigenvalue weighted by atomic mass is 35.5. The van der Waals surface area contributed by atoms with Crippen molar-refractivity contribution in [3.8, 4) is 12.1 Å². The predicted molar refractivity (Wildman–Crippen MR) is 63.3 cm³/mol. The van der Waals surface area contributed by atoms with Gasteiger partial charge in [0.15, 0.2) is 5.70 Å². The molecule has 1 heterocycles. The molecule has 1 aliphatic rings. The maximum Gasteiger partial charge on any atom is 0.151 e. The molecule has 4 nitrogen and oxygen atoms in total.